The molecule has 0 atom stereocenters. The normalized spacial score (nSPS) is 19.1. The van der Waals surface area contributed by atoms with Gasteiger partial charge in [0.1, 0.15) is 11.3 Å². The summed E-state index contributed by atoms with van der Waals surface area (Å²) in [6.45, 7) is 8.02. The van der Waals surface area contributed by atoms with Crippen LogP contribution in [0.2, 0.25) is 19.6 Å². The molecule has 2 saturated carbocycles. The molecular weight excluding hydrogens is 402 g/mol. The molecule has 0 amide bonds. The van der Waals surface area contributed by atoms with E-state index in [0.29, 0.717) is 0 Å². The summed E-state index contributed by atoms with van der Waals surface area (Å²) >= 11 is 0. The van der Waals surface area contributed by atoms with E-state index >= 15 is 0 Å². The Morgan fingerprint density at radius 1 is 0.893 bits per heavy atom. The molecule has 0 bridgehead atoms. The average molecular weight is 431 g/mol. The molecule has 1 heterocycles. The molecule has 4 rings (SSSR count). The molecule has 28 heavy (non-hydrogen) atoms. The third kappa shape index (κ3) is 6.22. The first kappa shape index (κ1) is 23.7. The van der Waals surface area contributed by atoms with E-state index in [9.17, 15) is 0 Å². The summed E-state index contributed by atoms with van der Waals surface area (Å²) in [7, 11) is 3.18. The fourth-order valence-corrected chi connectivity index (χ4v) is 4.36. The van der Waals surface area contributed by atoms with Gasteiger partial charge in [0.15, 0.2) is 0 Å². The van der Waals surface area contributed by atoms with Gasteiger partial charge in [0.25, 0.3) is 0 Å². The summed E-state index contributed by atoms with van der Waals surface area (Å²) in [5.41, 5.74) is 2.51. The van der Waals surface area contributed by atoms with Crippen LogP contribution in [-0.4, -0.2) is 33.6 Å². The molecule has 0 spiro atoms. The average Bonchev–Trinajstić information content (AvgIpc) is 3.34. The van der Waals surface area contributed by atoms with Crippen LogP contribution in [0.1, 0.15) is 5.76 Å². The third-order valence-electron chi connectivity index (χ3n) is 4.61. The van der Waals surface area contributed by atoms with Crippen molar-refractivity contribution >= 4 is 19.0 Å². The van der Waals surface area contributed by atoms with Crippen LogP contribution < -0.4 is 0 Å². The van der Waals surface area contributed by atoms with Crippen molar-refractivity contribution in [2.45, 2.75) is 19.6 Å². The quantitative estimate of drug-likeness (QED) is 0.604. The van der Waals surface area contributed by atoms with Gasteiger partial charge in [0, 0.05) is 34.9 Å². The summed E-state index contributed by atoms with van der Waals surface area (Å²) in [6, 6.07) is 10.2. The van der Waals surface area contributed by atoms with E-state index in [1.54, 1.807) is 5.54 Å². The minimum atomic E-state index is -0.981. The van der Waals surface area contributed by atoms with E-state index < -0.39 is 8.07 Å². The van der Waals surface area contributed by atoms with Crippen molar-refractivity contribution in [3.63, 3.8) is 0 Å². The van der Waals surface area contributed by atoms with Crippen molar-refractivity contribution in [2.24, 2.45) is 0 Å². The van der Waals surface area contributed by atoms with Gasteiger partial charge in [-0.3, -0.25) is 0 Å². The SMILES string of the molecule is CN(C)C[C]1[CH][CH][CH][C]1c1cc2ccccc2o1.C[Si](C)(C)[C]1[CH][CH][CH][CH]1.[Fe]. The van der Waals surface area contributed by atoms with Crippen molar-refractivity contribution in [1.82, 2.24) is 4.90 Å². The fraction of sp³-hybridized carbons (Fsp3) is 0.250. The molecule has 148 valence electrons. The molecule has 4 heteroatoms. The second kappa shape index (κ2) is 10.5. The number of hydrogen-bond donors (Lipinski definition) is 0. The van der Waals surface area contributed by atoms with Crippen LogP contribution in [-0.2, 0) is 17.1 Å². The molecule has 2 aliphatic rings. The number of hydrogen-bond acceptors (Lipinski definition) is 2. The Morgan fingerprint density at radius 2 is 1.57 bits per heavy atom. The van der Waals surface area contributed by atoms with Gasteiger partial charge in [0.05, 0.1) is 14.0 Å². The summed E-state index contributed by atoms with van der Waals surface area (Å²) in [5, 5.41) is 1.16. The molecule has 0 saturated heterocycles. The molecule has 10 radical (unpaired) electrons. The zero-order valence-corrected chi connectivity index (χ0v) is 19.4. The monoisotopic (exact) mass is 431 g/mol. The number of fused-ring (bicyclic) bond motifs is 1. The summed E-state index contributed by atoms with van der Waals surface area (Å²) < 4.78 is 5.92. The Hall–Kier alpha value is -0.544. The van der Waals surface area contributed by atoms with Crippen LogP contribution in [0, 0.1) is 62.3 Å². The predicted molar refractivity (Wildman–Crippen MR) is 117 cm³/mol. The molecule has 0 N–H and O–H groups in total. The molecule has 1 aromatic heterocycles. The standard InChI is InChI=1S/C16H16NO.C8H13Si.Fe/c1-17(2)11-13-7-5-8-14(13)16-10-12-6-3-4-9-15(12)18-16;1-9(2,3)8-6-4-5-7-8;/h3-10H,11H2,1-2H3;4-7H,1-3H3;. The van der Waals surface area contributed by atoms with Gasteiger partial charge in [-0.25, -0.2) is 0 Å². The maximum atomic E-state index is 5.92. The van der Waals surface area contributed by atoms with Crippen molar-refractivity contribution in [3.05, 3.63) is 98.4 Å². The zero-order valence-electron chi connectivity index (χ0n) is 17.3. The van der Waals surface area contributed by atoms with Crippen LogP contribution in [0.25, 0.3) is 11.0 Å². The molecule has 0 unspecified atom stereocenters. The smallest absolute Gasteiger partial charge is 0.134 e. The van der Waals surface area contributed by atoms with Crippen molar-refractivity contribution in [1.29, 1.82) is 0 Å². The molecular formula is C24H29FeNOSi. The first-order valence-corrected chi connectivity index (χ1v) is 12.9. The van der Waals surface area contributed by atoms with Gasteiger partial charge in [0.2, 0.25) is 0 Å². The first-order valence-electron chi connectivity index (χ1n) is 9.45. The Labute approximate surface area is 183 Å². The van der Waals surface area contributed by atoms with Gasteiger partial charge in [-0.1, -0.05) is 37.8 Å². The number of nitrogens with zero attached hydrogens (tertiary/aromatic N) is 1. The van der Waals surface area contributed by atoms with Crippen molar-refractivity contribution in [3.8, 4) is 0 Å². The summed E-state index contributed by atoms with van der Waals surface area (Å²) in [6.07, 6.45) is 15.1. The number of benzene rings is 1. The molecule has 2 fully saturated rings. The number of para-hydroxylation sites is 1. The van der Waals surface area contributed by atoms with Crippen LogP contribution >= 0.6 is 0 Å². The van der Waals surface area contributed by atoms with Gasteiger partial charge in [-0.05, 0) is 76.7 Å². The molecule has 2 aliphatic carbocycles. The molecule has 2 nitrogen and oxygen atoms in total. The predicted octanol–water partition coefficient (Wildman–Crippen LogP) is 5.38. The van der Waals surface area contributed by atoms with E-state index in [1.165, 1.54) is 11.8 Å². The number of furan rings is 1. The zero-order chi connectivity index (χ0) is 19.4. The minimum absolute atomic E-state index is 0. The van der Waals surface area contributed by atoms with Crippen LogP contribution in [0.4, 0.5) is 0 Å². The van der Waals surface area contributed by atoms with E-state index in [2.05, 4.69) is 95.7 Å². The molecule has 1 aromatic carbocycles. The Morgan fingerprint density at radius 3 is 2.14 bits per heavy atom. The van der Waals surface area contributed by atoms with Gasteiger partial charge in [-0.15, -0.1) is 0 Å². The Balaban J connectivity index is 0.000000239. The molecule has 0 aliphatic heterocycles. The van der Waals surface area contributed by atoms with Crippen LogP contribution in [0.15, 0.2) is 34.7 Å². The summed E-state index contributed by atoms with van der Waals surface area (Å²) in [5.74, 6) is 3.46. The van der Waals surface area contributed by atoms with Crippen LogP contribution in [0.3, 0.4) is 0 Å². The summed E-state index contributed by atoms with van der Waals surface area (Å²) in [4.78, 5) is 2.17. The minimum Gasteiger partial charge on any atom is -0.460 e. The van der Waals surface area contributed by atoms with Crippen molar-refractivity contribution in [2.75, 3.05) is 20.6 Å². The van der Waals surface area contributed by atoms with Gasteiger partial charge >= 0.3 is 0 Å². The maximum absolute atomic E-state index is 5.92. The Bertz CT molecular complexity index is 682. The first-order chi connectivity index (χ1) is 12.8. The third-order valence-corrected chi connectivity index (χ3v) is 6.68. The Kier molecular flexibility index (Phi) is 8.88. The van der Waals surface area contributed by atoms with Crippen LogP contribution in [0.5, 0.6) is 0 Å². The fourth-order valence-electron chi connectivity index (χ4n) is 3.16. The second-order valence-corrected chi connectivity index (χ2v) is 13.4. The topological polar surface area (TPSA) is 16.4 Å². The van der Waals surface area contributed by atoms with Gasteiger partial charge in [-0.2, -0.15) is 0 Å². The maximum Gasteiger partial charge on any atom is 0.134 e. The molecule has 2 aromatic rings. The largest absolute Gasteiger partial charge is 0.460 e. The number of rotatable bonds is 4. The van der Waals surface area contributed by atoms with E-state index in [0.717, 1.165) is 23.3 Å². The van der Waals surface area contributed by atoms with E-state index in [-0.39, 0.29) is 17.1 Å². The van der Waals surface area contributed by atoms with Gasteiger partial charge < -0.3 is 9.32 Å². The van der Waals surface area contributed by atoms with Crippen molar-refractivity contribution < 1.29 is 21.5 Å². The second-order valence-electron chi connectivity index (χ2n) is 8.27. The van der Waals surface area contributed by atoms with E-state index in [1.807, 2.05) is 18.2 Å². The van der Waals surface area contributed by atoms with E-state index in [4.69, 9.17) is 4.42 Å².